The van der Waals surface area contributed by atoms with Crippen molar-refractivity contribution in [3.8, 4) is 10.6 Å². The van der Waals surface area contributed by atoms with Crippen LogP contribution in [0.4, 0.5) is 20.7 Å². The number of nitrogens with one attached hydrogen (secondary N) is 1. The van der Waals surface area contributed by atoms with Crippen molar-refractivity contribution in [2.45, 2.75) is 46.1 Å². The molecule has 2 atom stereocenters. The summed E-state index contributed by atoms with van der Waals surface area (Å²) in [7, 11) is 0. The Bertz CT molecular complexity index is 1640. The van der Waals surface area contributed by atoms with Gasteiger partial charge in [0.15, 0.2) is 5.13 Å². The van der Waals surface area contributed by atoms with Crippen LogP contribution in [0.15, 0.2) is 23.7 Å². The van der Waals surface area contributed by atoms with Crippen molar-refractivity contribution in [2.75, 3.05) is 61.0 Å². The molecule has 0 spiro atoms. The number of nitrogens with zero attached hydrogens (tertiary/aromatic N) is 5. The number of thiazole rings is 1. The molecule has 3 saturated heterocycles. The summed E-state index contributed by atoms with van der Waals surface area (Å²) in [6.45, 7) is 11.9. The Morgan fingerprint density at radius 2 is 1.74 bits per heavy atom. The molecule has 2 unspecified atom stereocenters. The fourth-order valence-corrected chi connectivity index (χ4v) is 8.76. The highest BCUT2D eigenvalue weighted by atomic mass is 35.5. The molecule has 0 saturated carbocycles. The van der Waals surface area contributed by atoms with Gasteiger partial charge in [-0.25, -0.2) is 14.8 Å². The van der Waals surface area contributed by atoms with Gasteiger partial charge in [-0.05, 0) is 52.7 Å². The number of ether oxygens (including phenoxy) is 2. The van der Waals surface area contributed by atoms with Gasteiger partial charge < -0.3 is 24.2 Å². The number of pyridine rings is 1. The van der Waals surface area contributed by atoms with Crippen molar-refractivity contribution in [1.82, 2.24) is 14.9 Å². The minimum Gasteiger partial charge on any atom is -0.466 e. The van der Waals surface area contributed by atoms with Crippen LogP contribution < -0.4 is 15.1 Å². The second-order valence-corrected chi connectivity index (χ2v) is 15.8. The van der Waals surface area contributed by atoms with Gasteiger partial charge in [-0.15, -0.1) is 11.3 Å². The van der Waals surface area contributed by atoms with Crippen molar-refractivity contribution < 1.29 is 23.9 Å². The molecule has 3 aliphatic rings. The summed E-state index contributed by atoms with van der Waals surface area (Å²) < 4.78 is 10.8. The highest BCUT2D eigenvalue weighted by molar-refractivity contribution is 7.21. The Balaban J connectivity index is 1.13. The predicted molar refractivity (Wildman–Crippen MR) is 186 cm³/mol. The number of amides is 2. The maximum absolute atomic E-state index is 13.4. The monoisotopic (exact) mass is 720 g/mol. The van der Waals surface area contributed by atoms with Crippen LogP contribution in [0.25, 0.3) is 10.6 Å². The van der Waals surface area contributed by atoms with Gasteiger partial charge in [-0.1, -0.05) is 34.5 Å². The Kier molecular flexibility index (Phi) is 9.89. The van der Waals surface area contributed by atoms with Crippen molar-refractivity contribution >= 4 is 79.8 Å². The summed E-state index contributed by atoms with van der Waals surface area (Å²) in [5, 5.41) is 7.22. The smallest absolute Gasteiger partial charge is 0.410 e. The molecule has 15 heteroatoms. The number of piperidine rings is 1. The number of aromatic nitrogens is 2. The van der Waals surface area contributed by atoms with Crippen LogP contribution in [-0.4, -0.2) is 84.3 Å². The van der Waals surface area contributed by atoms with E-state index in [9.17, 15) is 14.4 Å². The maximum Gasteiger partial charge on any atom is 0.410 e. The minimum atomic E-state index is -0.533. The van der Waals surface area contributed by atoms with E-state index in [1.165, 1.54) is 28.9 Å². The number of hydrogen-bond donors (Lipinski definition) is 1. The first kappa shape index (κ1) is 33.8. The highest BCUT2D eigenvalue weighted by Gasteiger charge is 2.44. The molecule has 6 heterocycles. The van der Waals surface area contributed by atoms with Crippen molar-refractivity contribution in [2.24, 2.45) is 17.8 Å². The van der Waals surface area contributed by atoms with Gasteiger partial charge in [0.2, 0.25) is 0 Å². The van der Waals surface area contributed by atoms with Gasteiger partial charge >= 0.3 is 12.1 Å². The molecule has 0 aliphatic carbocycles. The number of halogens is 2. The average Bonchev–Trinajstić information content (AvgIpc) is 3.80. The van der Waals surface area contributed by atoms with Crippen LogP contribution in [0.5, 0.6) is 0 Å². The van der Waals surface area contributed by atoms with E-state index in [2.05, 4.69) is 15.2 Å². The van der Waals surface area contributed by atoms with Gasteiger partial charge in [0.1, 0.15) is 22.1 Å². The molecule has 252 valence electrons. The summed E-state index contributed by atoms with van der Waals surface area (Å²) in [6.07, 6.45) is 2.56. The molecular formula is C32H38Cl2N6O5S2. The maximum atomic E-state index is 13.4. The first-order valence-corrected chi connectivity index (χ1v) is 18.2. The average molecular weight is 722 g/mol. The van der Waals surface area contributed by atoms with E-state index >= 15 is 0 Å². The van der Waals surface area contributed by atoms with Crippen LogP contribution in [0.1, 0.15) is 50.9 Å². The van der Waals surface area contributed by atoms with Crippen molar-refractivity contribution in [1.29, 1.82) is 0 Å². The number of thiophene rings is 1. The summed E-state index contributed by atoms with van der Waals surface area (Å²) in [5.41, 5.74) is 0.550. The van der Waals surface area contributed by atoms with Gasteiger partial charge in [0, 0.05) is 62.7 Å². The van der Waals surface area contributed by atoms with Gasteiger partial charge in [-0.3, -0.25) is 14.9 Å². The normalized spacial score (nSPS) is 20.0. The molecular weight excluding hydrogens is 683 g/mol. The summed E-state index contributed by atoms with van der Waals surface area (Å²) in [6, 6.07) is 3.50. The topological polar surface area (TPSA) is 117 Å². The van der Waals surface area contributed by atoms with E-state index < -0.39 is 5.60 Å². The van der Waals surface area contributed by atoms with Gasteiger partial charge in [0.05, 0.1) is 33.0 Å². The largest absolute Gasteiger partial charge is 0.466 e. The molecule has 3 aromatic heterocycles. The van der Waals surface area contributed by atoms with E-state index in [1.54, 1.807) is 6.07 Å². The SMILES string of the molecule is CCOC(=O)C1CCN(c2ncc(C(=O)Nc3nc(-c4cc(Cl)cs4)c(N4CC5CN(C(=O)OC(C)(C)C)CC5C4)s3)cc2Cl)CC1. The van der Waals surface area contributed by atoms with E-state index in [4.69, 9.17) is 37.7 Å². The Morgan fingerprint density at radius 3 is 2.34 bits per heavy atom. The van der Waals surface area contributed by atoms with E-state index in [0.29, 0.717) is 84.0 Å². The molecule has 0 bridgehead atoms. The number of carbonyl (C=O) groups excluding carboxylic acids is 3. The lowest BCUT2D eigenvalue weighted by Gasteiger charge is -2.32. The second kappa shape index (κ2) is 13.8. The first-order chi connectivity index (χ1) is 22.4. The van der Waals surface area contributed by atoms with Gasteiger partial charge in [0.25, 0.3) is 5.91 Å². The molecule has 47 heavy (non-hydrogen) atoms. The zero-order valence-electron chi connectivity index (χ0n) is 26.8. The van der Waals surface area contributed by atoms with E-state index in [0.717, 1.165) is 28.7 Å². The lowest BCUT2D eigenvalue weighted by molar-refractivity contribution is -0.148. The Hall–Kier alpha value is -3.13. The third-order valence-electron chi connectivity index (χ3n) is 8.55. The molecule has 0 aromatic carbocycles. The quantitative estimate of drug-likeness (QED) is 0.260. The Morgan fingerprint density at radius 1 is 1.04 bits per heavy atom. The molecule has 3 aliphatic heterocycles. The molecule has 0 radical (unpaired) electrons. The third-order valence-corrected chi connectivity index (χ3v) is 11.1. The second-order valence-electron chi connectivity index (χ2n) is 13.1. The minimum absolute atomic E-state index is 0.125. The van der Waals surface area contributed by atoms with Crippen LogP contribution >= 0.6 is 45.9 Å². The standard InChI is InChI=1S/C32H38Cl2N6O5S2/c1-5-44-29(42)18-6-8-38(9-7-18)26-23(34)10-19(12-35-26)27(41)37-30-36-25(24-11-22(33)17-46-24)28(47-30)39-13-20-15-40(16-21(20)14-39)31(43)45-32(2,3)4/h10-12,17-18,20-21H,5-9,13-16H2,1-4H3,(H,36,37,41). The van der Waals surface area contributed by atoms with Crippen molar-refractivity contribution in [3.63, 3.8) is 0 Å². The number of anilines is 3. The number of fused-ring (bicyclic) bond motifs is 1. The summed E-state index contributed by atoms with van der Waals surface area (Å²) in [5.74, 6) is 0.556. The third kappa shape index (κ3) is 7.63. The number of carbonyl (C=O) groups is 3. The Labute approximate surface area is 292 Å². The molecule has 3 fully saturated rings. The molecule has 3 aromatic rings. The van der Waals surface area contributed by atoms with Crippen LogP contribution in [0.2, 0.25) is 10.0 Å². The predicted octanol–water partition coefficient (Wildman–Crippen LogP) is 6.91. The number of likely N-dealkylation sites (tertiary alicyclic amines) is 1. The van der Waals surface area contributed by atoms with E-state index in [-0.39, 0.29) is 23.9 Å². The summed E-state index contributed by atoms with van der Waals surface area (Å²) >= 11 is 15.8. The van der Waals surface area contributed by atoms with Gasteiger partial charge in [-0.2, -0.15) is 0 Å². The fourth-order valence-electron chi connectivity index (χ4n) is 6.36. The fraction of sp³-hybridized carbons (Fsp3) is 0.531. The summed E-state index contributed by atoms with van der Waals surface area (Å²) in [4.78, 5) is 54.6. The number of hydrogen-bond acceptors (Lipinski definition) is 11. The van der Waals surface area contributed by atoms with Crippen LogP contribution in [-0.2, 0) is 14.3 Å². The van der Waals surface area contributed by atoms with Crippen LogP contribution in [0, 0.1) is 17.8 Å². The lowest BCUT2D eigenvalue weighted by atomic mass is 9.97. The van der Waals surface area contributed by atoms with Crippen molar-refractivity contribution in [3.05, 3.63) is 39.3 Å². The zero-order valence-corrected chi connectivity index (χ0v) is 29.9. The number of rotatable bonds is 7. The molecule has 1 N–H and O–H groups in total. The lowest BCUT2D eigenvalue weighted by Crippen LogP contribution is -2.37. The van der Waals surface area contributed by atoms with Crippen LogP contribution in [0.3, 0.4) is 0 Å². The first-order valence-electron chi connectivity index (χ1n) is 15.7. The molecule has 6 rings (SSSR count). The molecule has 11 nitrogen and oxygen atoms in total. The molecule has 2 amide bonds. The number of esters is 1. The van der Waals surface area contributed by atoms with E-state index in [1.807, 2.05) is 48.9 Å². The zero-order chi connectivity index (χ0) is 33.5. The highest BCUT2D eigenvalue weighted by Crippen LogP contribution is 2.45.